The Kier molecular flexibility index (Phi) is 7.16. The first kappa shape index (κ1) is 21.2. The Morgan fingerprint density at radius 2 is 2.07 bits per heavy atom. The van der Waals surface area contributed by atoms with Crippen LogP contribution in [-0.2, 0) is 21.4 Å². The molecule has 1 atom stereocenters. The van der Waals surface area contributed by atoms with Gasteiger partial charge in [-0.15, -0.1) is 0 Å². The van der Waals surface area contributed by atoms with Crippen LogP contribution in [0.2, 0.25) is 0 Å². The lowest BCUT2D eigenvalue weighted by Gasteiger charge is -2.31. The number of hydrogen-bond donors (Lipinski definition) is 1. The Hall–Kier alpha value is -2.52. The number of carbonyl (C=O) groups is 1. The summed E-state index contributed by atoms with van der Waals surface area (Å²) >= 11 is 0. The van der Waals surface area contributed by atoms with Crippen molar-refractivity contribution in [2.45, 2.75) is 32.8 Å². The van der Waals surface area contributed by atoms with Gasteiger partial charge in [-0.3, -0.25) is 9.78 Å². The monoisotopic (exact) mass is 418 g/mol. The van der Waals surface area contributed by atoms with Crippen molar-refractivity contribution in [3.05, 3.63) is 48.4 Å². The van der Waals surface area contributed by atoms with Gasteiger partial charge in [-0.2, -0.15) is 0 Å². The maximum absolute atomic E-state index is 12.8. The lowest BCUT2D eigenvalue weighted by atomic mass is 9.99. The Morgan fingerprint density at radius 3 is 2.83 bits per heavy atom. The van der Waals surface area contributed by atoms with Crippen LogP contribution in [0.5, 0.6) is 5.75 Å². The molecular weight excluding hydrogens is 392 g/mol. The Bertz CT molecular complexity index is 921. The molecule has 1 fully saturated rings. The van der Waals surface area contributed by atoms with Crippen LogP contribution in [0, 0.1) is 5.92 Å². The number of hydrogen-bond acceptors (Lipinski definition) is 6. The highest BCUT2D eigenvalue weighted by Crippen LogP contribution is 2.25. The SMILES string of the molecule is CCCS(=O)(=O)N1CCCC(C(=O)Nc2ncccc2OCc2ccncc2)C1. The maximum Gasteiger partial charge on any atom is 0.230 e. The third kappa shape index (κ3) is 5.74. The van der Waals surface area contributed by atoms with Gasteiger partial charge < -0.3 is 10.1 Å². The smallest absolute Gasteiger partial charge is 0.230 e. The molecule has 1 saturated heterocycles. The average Bonchev–Trinajstić information content (AvgIpc) is 2.74. The molecule has 29 heavy (non-hydrogen) atoms. The van der Waals surface area contributed by atoms with E-state index in [0.29, 0.717) is 44.0 Å². The van der Waals surface area contributed by atoms with Crippen LogP contribution < -0.4 is 10.1 Å². The number of rotatable bonds is 8. The summed E-state index contributed by atoms with van der Waals surface area (Å²) in [6.07, 6.45) is 6.81. The highest BCUT2D eigenvalue weighted by atomic mass is 32.2. The Labute approximate surface area is 171 Å². The van der Waals surface area contributed by atoms with E-state index in [1.54, 1.807) is 30.7 Å². The number of nitrogens with zero attached hydrogens (tertiary/aromatic N) is 3. The third-order valence-electron chi connectivity index (χ3n) is 4.77. The molecule has 9 heteroatoms. The van der Waals surface area contributed by atoms with Gasteiger partial charge in [0.05, 0.1) is 11.7 Å². The van der Waals surface area contributed by atoms with Gasteiger partial charge in [-0.05, 0) is 49.1 Å². The molecule has 0 aromatic carbocycles. The van der Waals surface area contributed by atoms with Gasteiger partial charge in [0.15, 0.2) is 11.6 Å². The Morgan fingerprint density at radius 1 is 1.28 bits per heavy atom. The van der Waals surface area contributed by atoms with Crippen LogP contribution in [-0.4, -0.2) is 47.4 Å². The molecule has 3 heterocycles. The zero-order valence-electron chi connectivity index (χ0n) is 16.5. The summed E-state index contributed by atoms with van der Waals surface area (Å²) in [5, 5.41) is 2.81. The number of pyridine rings is 2. The van der Waals surface area contributed by atoms with Gasteiger partial charge in [0.2, 0.25) is 15.9 Å². The fraction of sp³-hybridized carbons (Fsp3) is 0.450. The van der Waals surface area contributed by atoms with Gasteiger partial charge >= 0.3 is 0 Å². The maximum atomic E-state index is 12.8. The zero-order chi connectivity index (χ0) is 20.7. The average molecular weight is 419 g/mol. The number of aromatic nitrogens is 2. The van der Waals surface area contributed by atoms with Gasteiger partial charge in [-0.25, -0.2) is 17.7 Å². The van der Waals surface area contributed by atoms with E-state index in [9.17, 15) is 13.2 Å². The lowest BCUT2D eigenvalue weighted by molar-refractivity contribution is -0.120. The van der Waals surface area contributed by atoms with Crippen LogP contribution in [0.3, 0.4) is 0 Å². The molecule has 3 rings (SSSR count). The Balaban J connectivity index is 1.64. The predicted molar refractivity (Wildman–Crippen MR) is 110 cm³/mol. The zero-order valence-corrected chi connectivity index (χ0v) is 17.3. The summed E-state index contributed by atoms with van der Waals surface area (Å²) in [7, 11) is -3.31. The van der Waals surface area contributed by atoms with Gasteiger partial charge in [0.1, 0.15) is 6.61 Å². The molecule has 0 bridgehead atoms. The van der Waals surface area contributed by atoms with Gasteiger partial charge in [-0.1, -0.05) is 6.92 Å². The van der Waals surface area contributed by atoms with Crippen molar-refractivity contribution < 1.29 is 17.9 Å². The summed E-state index contributed by atoms with van der Waals surface area (Å²) in [6, 6.07) is 7.17. The summed E-state index contributed by atoms with van der Waals surface area (Å²) in [4.78, 5) is 21.0. The van der Waals surface area contributed by atoms with E-state index in [0.717, 1.165) is 5.56 Å². The fourth-order valence-electron chi connectivity index (χ4n) is 3.26. The second-order valence-corrected chi connectivity index (χ2v) is 9.09. The minimum absolute atomic E-state index is 0.106. The van der Waals surface area contributed by atoms with Crippen LogP contribution in [0.15, 0.2) is 42.9 Å². The van der Waals surface area contributed by atoms with E-state index in [1.807, 2.05) is 19.1 Å². The number of sulfonamides is 1. The molecule has 0 radical (unpaired) electrons. The van der Waals surface area contributed by atoms with Crippen molar-refractivity contribution in [3.63, 3.8) is 0 Å². The van der Waals surface area contributed by atoms with Crippen molar-refractivity contribution in [1.29, 1.82) is 0 Å². The molecule has 8 nitrogen and oxygen atoms in total. The molecule has 0 aliphatic carbocycles. The van der Waals surface area contributed by atoms with Crippen LogP contribution in [0.1, 0.15) is 31.7 Å². The summed E-state index contributed by atoms with van der Waals surface area (Å²) in [5.41, 5.74) is 0.949. The lowest BCUT2D eigenvalue weighted by Crippen LogP contribution is -2.44. The van der Waals surface area contributed by atoms with E-state index in [1.165, 1.54) is 4.31 Å². The number of ether oxygens (including phenoxy) is 1. The molecule has 0 spiro atoms. The minimum atomic E-state index is -3.31. The van der Waals surface area contributed by atoms with Crippen molar-refractivity contribution in [1.82, 2.24) is 14.3 Å². The number of anilines is 1. The molecule has 1 aliphatic heterocycles. The molecule has 2 aromatic rings. The van der Waals surface area contributed by atoms with Crippen molar-refractivity contribution >= 4 is 21.7 Å². The van der Waals surface area contributed by atoms with Crippen LogP contribution in [0.25, 0.3) is 0 Å². The van der Waals surface area contributed by atoms with E-state index >= 15 is 0 Å². The summed E-state index contributed by atoms with van der Waals surface area (Å²) < 4.78 is 31.9. The first-order valence-electron chi connectivity index (χ1n) is 9.75. The molecule has 156 valence electrons. The number of amides is 1. The van der Waals surface area contributed by atoms with Gasteiger partial charge in [0.25, 0.3) is 0 Å². The molecule has 1 unspecified atom stereocenters. The van der Waals surface area contributed by atoms with Crippen LogP contribution in [0.4, 0.5) is 5.82 Å². The normalized spacial score (nSPS) is 17.6. The molecule has 1 aliphatic rings. The minimum Gasteiger partial charge on any atom is -0.485 e. The van der Waals surface area contributed by atoms with Crippen molar-refractivity contribution in [3.8, 4) is 5.75 Å². The van der Waals surface area contributed by atoms with E-state index in [2.05, 4.69) is 15.3 Å². The predicted octanol–water partition coefficient (Wildman–Crippen LogP) is 2.45. The number of nitrogens with one attached hydrogen (secondary N) is 1. The largest absolute Gasteiger partial charge is 0.485 e. The van der Waals surface area contributed by atoms with Gasteiger partial charge in [0, 0.05) is 31.7 Å². The van der Waals surface area contributed by atoms with E-state index in [-0.39, 0.29) is 18.2 Å². The third-order valence-corrected chi connectivity index (χ3v) is 6.81. The second kappa shape index (κ2) is 9.80. The number of piperidine rings is 1. The first-order chi connectivity index (χ1) is 14.0. The highest BCUT2D eigenvalue weighted by molar-refractivity contribution is 7.89. The topological polar surface area (TPSA) is 101 Å². The molecular formula is C20H26N4O4S. The number of carbonyl (C=O) groups excluding carboxylic acids is 1. The summed E-state index contributed by atoms with van der Waals surface area (Å²) in [6.45, 7) is 2.83. The quantitative estimate of drug-likeness (QED) is 0.707. The highest BCUT2D eigenvalue weighted by Gasteiger charge is 2.32. The van der Waals surface area contributed by atoms with E-state index in [4.69, 9.17) is 4.74 Å². The fourth-order valence-corrected chi connectivity index (χ4v) is 4.84. The van der Waals surface area contributed by atoms with Crippen molar-refractivity contribution in [2.75, 3.05) is 24.2 Å². The standard InChI is InChI=1S/C20H26N4O4S/c1-2-13-29(26,27)24-12-4-5-17(14-24)20(25)23-19-18(6-3-9-22-19)28-15-16-7-10-21-11-8-16/h3,6-11,17H,2,4-5,12-15H2,1H3,(H,22,23,25). The molecule has 1 amide bonds. The van der Waals surface area contributed by atoms with Crippen molar-refractivity contribution in [2.24, 2.45) is 5.92 Å². The molecule has 2 aromatic heterocycles. The molecule has 1 N–H and O–H groups in total. The first-order valence-corrected chi connectivity index (χ1v) is 11.4. The second-order valence-electron chi connectivity index (χ2n) is 7.00. The van der Waals surface area contributed by atoms with E-state index < -0.39 is 15.9 Å². The van der Waals surface area contributed by atoms with Crippen LogP contribution >= 0.6 is 0 Å². The molecule has 0 saturated carbocycles. The summed E-state index contributed by atoms with van der Waals surface area (Å²) in [5.74, 6) is 0.248.